The maximum atomic E-state index is 13.0. The molecule has 0 spiro atoms. The zero-order valence-corrected chi connectivity index (χ0v) is 16.6. The van der Waals surface area contributed by atoms with Crippen LogP contribution in [0.3, 0.4) is 0 Å². The van der Waals surface area contributed by atoms with Crippen LogP contribution in [-0.2, 0) is 20.6 Å². The van der Waals surface area contributed by atoms with E-state index >= 15 is 0 Å². The van der Waals surface area contributed by atoms with Gasteiger partial charge in [0, 0.05) is 37.5 Å². The molecule has 3 rings (SSSR count). The monoisotopic (exact) mass is 416 g/mol. The van der Waals surface area contributed by atoms with E-state index in [1.54, 1.807) is 12.1 Å². The van der Waals surface area contributed by atoms with E-state index < -0.39 is 10.0 Å². The first kappa shape index (κ1) is 21.6. The minimum Gasteiger partial charge on any atom is -0.356 e. The van der Waals surface area contributed by atoms with Crippen molar-refractivity contribution in [3.8, 4) is 0 Å². The number of rotatable bonds is 7. The van der Waals surface area contributed by atoms with Gasteiger partial charge in [0.1, 0.15) is 11.4 Å². The lowest BCUT2D eigenvalue weighted by molar-refractivity contribution is -0.121. The third-order valence-electron chi connectivity index (χ3n) is 4.61. The summed E-state index contributed by atoms with van der Waals surface area (Å²) in [7, 11) is -3.57. The Balaban J connectivity index is 0.00000261. The standard InChI is InChI=1S/C17H24N4O4S.ClH/c18-9-8-17(22)19-11-13-5-3-4-10-21(13)26(23,24)12-15-14-6-1-2-7-16(14)25-20-15;/h1-2,6-7,13H,3-5,8-12,18H2,(H,19,22);1H. The van der Waals surface area contributed by atoms with E-state index in [-0.39, 0.29) is 43.1 Å². The maximum absolute atomic E-state index is 13.0. The van der Waals surface area contributed by atoms with Crippen molar-refractivity contribution in [3.05, 3.63) is 30.0 Å². The largest absolute Gasteiger partial charge is 0.356 e. The lowest BCUT2D eigenvalue weighted by Gasteiger charge is -2.34. The van der Waals surface area contributed by atoms with Crippen LogP contribution >= 0.6 is 12.4 Å². The second kappa shape index (κ2) is 9.50. The minimum atomic E-state index is -3.57. The number of nitrogens with zero attached hydrogens (tertiary/aromatic N) is 2. The van der Waals surface area contributed by atoms with Gasteiger partial charge in [-0.05, 0) is 25.0 Å². The second-order valence-electron chi connectivity index (χ2n) is 6.48. The van der Waals surface area contributed by atoms with Gasteiger partial charge in [-0.15, -0.1) is 12.4 Å². The van der Waals surface area contributed by atoms with Gasteiger partial charge in [-0.25, -0.2) is 8.42 Å². The summed E-state index contributed by atoms with van der Waals surface area (Å²) in [4.78, 5) is 11.7. The van der Waals surface area contributed by atoms with E-state index in [0.29, 0.717) is 29.8 Å². The molecule has 1 unspecified atom stereocenters. The van der Waals surface area contributed by atoms with Gasteiger partial charge < -0.3 is 15.6 Å². The number of hydrogen-bond donors (Lipinski definition) is 2. The zero-order chi connectivity index (χ0) is 18.6. The number of benzene rings is 1. The highest BCUT2D eigenvalue weighted by molar-refractivity contribution is 7.88. The van der Waals surface area contributed by atoms with Crippen LogP contribution in [0.15, 0.2) is 28.8 Å². The molecular formula is C17H25ClN4O4S. The SMILES string of the molecule is Cl.NCCC(=O)NCC1CCCCN1S(=O)(=O)Cc1noc2ccccc12. The Morgan fingerprint density at radius 1 is 1.33 bits per heavy atom. The minimum absolute atomic E-state index is 0. The smallest absolute Gasteiger partial charge is 0.221 e. The summed E-state index contributed by atoms with van der Waals surface area (Å²) in [5.74, 6) is -0.366. The van der Waals surface area contributed by atoms with Crippen molar-refractivity contribution >= 4 is 39.3 Å². The number of piperidine rings is 1. The molecule has 1 fully saturated rings. The zero-order valence-electron chi connectivity index (χ0n) is 15.0. The fourth-order valence-corrected chi connectivity index (χ4v) is 5.05. The first-order valence-electron chi connectivity index (χ1n) is 8.81. The van der Waals surface area contributed by atoms with Crippen LogP contribution in [0.2, 0.25) is 0 Å². The van der Waals surface area contributed by atoms with Crippen LogP contribution in [0.1, 0.15) is 31.4 Å². The fourth-order valence-electron chi connectivity index (χ4n) is 3.29. The molecule has 0 radical (unpaired) electrons. The summed E-state index contributed by atoms with van der Waals surface area (Å²) in [5, 5.41) is 7.43. The number of sulfonamides is 1. The molecule has 150 valence electrons. The predicted octanol–water partition coefficient (Wildman–Crippen LogP) is 1.40. The Bertz CT molecular complexity index is 871. The quantitative estimate of drug-likeness (QED) is 0.704. The molecule has 0 aliphatic carbocycles. The molecule has 27 heavy (non-hydrogen) atoms. The van der Waals surface area contributed by atoms with E-state index in [9.17, 15) is 13.2 Å². The van der Waals surface area contributed by atoms with E-state index in [0.717, 1.165) is 19.3 Å². The Labute approximate surface area is 164 Å². The predicted molar refractivity (Wildman–Crippen MR) is 105 cm³/mol. The van der Waals surface area contributed by atoms with Crippen LogP contribution in [0.25, 0.3) is 11.0 Å². The van der Waals surface area contributed by atoms with E-state index in [1.807, 2.05) is 12.1 Å². The molecule has 3 N–H and O–H groups in total. The number of carbonyl (C=O) groups excluding carboxylic acids is 1. The van der Waals surface area contributed by atoms with Crippen molar-refractivity contribution in [3.63, 3.8) is 0 Å². The number of nitrogens with two attached hydrogens (primary N) is 1. The van der Waals surface area contributed by atoms with Gasteiger partial charge in [0.05, 0.1) is 0 Å². The van der Waals surface area contributed by atoms with Gasteiger partial charge in [0.15, 0.2) is 5.58 Å². The number of nitrogens with one attached hydrogen (secondary N) is 1. The highest BCUT2D eigenvalue weighted by Gasteiger charge is 2.33. The molecular weight excluding hydrogens is 392 g/mol. The van der Waals surface area contributed by atoms with Crippen molar-refractivity contribution in [1.29, 1.82) is 0 Å². The third-order valence-corrected chi connectivity index (χ3v) is 6.44. The van der Waals surface area contributed by atoms with Gasteiger partial charge in [0.2, 0.25) is 15.9 Å². The molecule has 0 bridgehead atoms. The normalized spacial score (nSPS) is 18.2. The molecule has 1 atom stereocenters. The molecule has 8 nitrogen and oxygen atoms in total. The average Bonchev–Trinajstić information content (AvgIpc) is 3.03. The van der Waals surface area contributed by atoms with Crippen LogP contribution < -0.4 is 11.1 Å². The average molecular weight is 417 g/mol. The van der Waals surface area contributed by atoms with Crippen LogP contribution in [0.5, 0.6) is 0 Å². The molecule has 2 heterocycles. The fraction of sp³-hybridized carbons (Fsp3) is 0.529. The number of aromatic nitrogens is 1. The van der Waals surface area contributed by atoms with Crippen LogP contribution in [0.4, 0.5) is 0 Å². The number of fused-ring (bicyclic) bond motifs is 1. The van der Waals surface area contributed by atoms with E-state index in [2.05, 4.69) is 10.5 Å². The van der Waals surface area contributed by atoms with Crippen molar-refractivity contribution in [2.24, 2.45) is 5.73 Å². The Kier molecular flexibility index (Phi) is 7.60. The highest BCUT2D eigenvalue weighted by atomic mass is 35.5. The third kappa shape index (κ3) is 5.19. The Hall–Kier alpha value is -1.68. The van der Waals surface area contributed by atoms with Crippen molar-refractivity contribution in [1.82, 2.24) is 14.8 Å². The van der Waals surface area contributed by atoms with E-state index in [4.69, 9.17) is 10.3 Å². The highest BCUT2D eigenvalue weighted by Crippen LogP contribution is 2.25. The number of carbonyl (C=O) groups is 1. The van der Waals surface area contributed by atoms with E-state index in [1.165, 1.54) is 4.31 Å². The molecule has 0 saturated carbocycles. The number of amides is 1. The molecule has 1 aliphatic rings. The first-order chi connectivity index (χ1) is 12.5. The molecule has 1 aromatic heterocycles. The van der Waals surface area contributed by atoms with Gasteiger partial charge >= 0.3 is 0 Å². The van der Waals surface area contributed by atoms with Crippen molar-refractivity contribution < 1.29 is 17.7 Å². The number of para-hydroxylation sites is 1. The molecule has 1 saturated heterocycles. The van der Waals surface area contributed by atoms with Crippen LogP contribution in [-0.4, -0.2) is 49.5 Å². The van der Waals surface area contributed by atoms with Gasteiger partial charge in [-0.2, -0.15) is 4.31 Å². The molecule has 1 aliphatic heterocycles. The van der Waals surface area contributed by atoms with Crippen LogP contribution in [0, 0.1) is 0 Å². The summed E-state index contributed by atoms with van der Waals surface area (Å²) < 4.78 is 32.7. The lowest BCUT2D eigenvalue weighted by Crippen LogP contribution is -2.49. The molecule has 1 aromatic carbocycles. The lowest BCUT2D eigenvalue weighted by atomic mass is 10.1. The Morgan fingerprint density at radius 3 is 2.89 bits per heavy atom. The van der Waals surface area contributed by atoms with Gasteiger partial charge in [-0.1, -0.05) is 23.7 Å². The van der Waals surface area contributed by atoms with Crippen molar-refractivity contribution in [2.75, 3.05) is 19.6 Å². The van der Waals surface area contributed by atoms with Gasteiger partial charge in [0.25, 0.3) is 0 Å². The summed E-state index contributed by atoms with van der Waals surface area (Å²) >= 11 is 0. The molecule has 10 heteroatoms. The molecule has 2 aromatic rings. The topological polar surface area (TPSA) is 119 Å². The van der Waals surface area contributed by atoms with Gasteiger partial charge in [-0.3, -0.25) is 4.79 Å². The number of hydrogen-bond acceptors (Lipinski definition) is 6. The summed E-state index contributed by atoms with van der Waals surface area (Å²) in [5.41, 5.74) is 6.36. The Morgan fingerprint density at radius 2 is 2.11 bits per heavy atom. The second-order valence-corrected chi connectivity index (χ2v) is 8.41. The summed E-state index contributed by atoms with van der Waals surface area (Å²) in [6, 6.07) is 6.96. The van der Waals surface area contributed by atoms with Crippen molar-refractivity contribution in [2.45, 2.75) is 37.5 Å². The summed E-state index contributed by atoms with van der Waals surface area (Å²) in [6.45, 7) is 1.03. The maximum Gasteiger partial charge on any atom is 0.221 e. The molecule has 1 amide bonds. The summed E-state index contributed by atoms with van der Waals surface area (Å²) in [6.07, 6.45) is 2.72. The first-order valence-corrected chi connectivity index (χ1v) is 10.4. The number of halogens is 1.